The summed E-state index contributed by atoms with van der Waals surface area (Å²) in [5.74, 6) is 3.21. The number of terminal acetylenes is 1. The minimum atomic E-state index is -0.551. The van der Waals surface area contributed by atoms with Crippen molar-refractivity contribution in [3.63, 3.8) is 0 Å². The highest BCUT2D eigenvalue weighted by Crippen LogP contribution is 1.84. The summed E-state index contributed by atoms with van der Waals surface area (Å²) in [5, 5.41) is 15.6. The fraction of sp³-hybridized carbons (Fsp3) is 0.429. The zero-order valence-corrected chi connectivity index (χ0v) is 7.88. The maximum atomic E-state index is 10.1. The first kappa shape index (κ1) is 11.6. The minimum absolute atomic E-state index is 0.249. The molecule has 0 aromatic heterocycles. The Balaban J connectivity index is 4.04. The van der Waals surface area contributed by atoms with Crippen LogP contribution in [0, 0.1) is 22.5 Å². The zero-order chi connectivity index (χ0) is 10.1. The minimum Gasteiger partial charge on any atom is -0.366 e. The number of thiol groups is 1. The molecule has 0 atom stereocenters. The molecule has 6 heteroatoms. The maximum absolute atomic E-state index is 10.1. The van der Waals surface area contributed by atoms with Crippen molar-refractivity contribution in [2.24, 2.45) is 0 Å². The third-order valence-electron chi connectivity index (χ3n) is 1.04. The predicted molar refractivity (Wildman–Crippen MR) is 53.8 cm³/mol. The highest BCUT2D eigenvalue weighted by Gasteiger charge is 1.99. The van der Waals surface area contributed by atoms with E-state index in [1.165, 1.54) is 0 Å². The number of hydrogen-bond donors (Lipinski definition) is 3. The summed E-state index contributed by atoms with van der Waals surface area (Å²) in [7, 11) is 0. The van der Waals surface area contributed by atoms with Crippen molar-refractivity contribution in [2.75, 3.05) is 18.8 Å². The van der Waals surface area contributed by atoms with Crippen LogP contribution in [0.4, 0.5) is 0 Å². The fourth-order valence-corrected chi connectivity index (χ4v) is 0.708. The van der Waals surface area contributed by atoms with Gasteiger partial charge in [-0.05, 0) is 0 Å². The lowest BCUT2D eigenvalue weighted by Gasteiger charge is -2.06. The smallest absolute Gasteiger partial charge is 0.274 e. The Morgan fingerprint density at radius 3 is 2.85 bits per heavy atom. The van der Waals surface area contributed by atoms with Crippen LogP contribution in [0.1, 0.15) is 0 Å². The third-order valence-corrected chi connectivity index (χ3v) is 1.27. The Kier molecular flexibility index (Phi) is 6.55. The van der Waals surface area contributed by atoms with E-state index < -0.39 is 4.92 Å². The molecule has 72 valence electrons. The molecule has 0 heterocycles. The molecule has 0 aliphatic carbocycles. The van der Waals surface area contributed by atoms with E-state index in [2.05, 4.69) is 29.2 Å². The van der Waals surface area contributed by atoms with Gasteiger partial charge in [0.1, 0.15) is 0 Å². The molecule has 5 nitrogen and oxygen atoms in total. The molecule has 0 unspecified atom stereocenters. The molecule has 0 aromatic carbocycles. The molecule has 0 fully saturated rings. The summed E-state index contributed by atoms with van der Waals surface area (Å²) in [4.78, 5) is 9.56. The Morgan fingerprint density at radius 2 is 2.38 bits per heavy atom. The van der Waals surface area contributed by atoms with Gasteiger partial charge >= 0.3 is 0 Å². The van der Waals surface area contributed by atoms with E-state index in [1.807, 2.05) is 0 Å². The van der Waals surface area contributed by atoms with E-state index in [-0.39, 0.29) is 6.54 Å². The molecule has 0 saturated carbocycles. The van der Waals surface area contributed by atoms with Crippen LogP contribution in [0.15, 0.2) is 12.0 Å². The molecule has 0 amide bonds. The summed E-state index contributed by atoms with van der Waals surface area (Å²) in [6.45, 7) is 0.791. The van der Waals surface area contributed by atoms with Gasteiger partial charge in [0.15, 0.2) is 5.82 Å². The van der Waals surface area contributed by atoms with E-state index in [4.69, 9.17) is 6.42 Å². The fourth-order valence-electron chi connectivity index (χ4n) is 0.596. The summed E-state index contributed by atoms with van der Waals surface area (Å²) in [6, 6.07) is 0. The molecule has 0 radical (unpaired) electrons. The van der Waals surface area contributed by atoms with Gasteiger partial charge in [0.2, 0.25) is 0 Å². The Hall–Kier alpha value is -1.35. The van der Waals surface area contributed by atoms with Gasteiger partial charge in [-0.3, -0.25) is 10.1 Å². The summed E-state index contributed by atoms with van der Waals surface area (Å²) in [5.41, 5.74) is 0. The van der Waals surface area contributed by atoms with Gasteiger partial charge in [-0.15, -0.1) is 6.42 Å². The van der Waals surface area contributed by atoms with Crippen molar-refractivity contribution in [1.29, 1.82) is 0 Å². The second-order valence-corrected chi connectivity index (χ2v) is 2.48. The lowest BCUT2D eigenvalue weighted by atomic mass is 10.6. The normalized spacial score (nSPS) is 10.3. The van der Waals surface area contributed by atoms with Gasteiger partial charge in [0, 0.05) is 12.3 Å². The monoisotopic (exact) mass is 201 g/mol. The van der Waals surface area contributed by atoms with E-state index in [0.29, 0.717) is 18.1 Å². The van der Waals surface area contributed by atoms with Crippen LogP contribution >= 0.6 is 12.6 Å². The van der Waals surface area contributed by atoms with Gasteiger partial charge in [-0.2, -0.15) is 12.6 Å². The molecule has 0 bridgehead atoms. The van der Waals surface area contributed by atoms with Crippen LogP contribution in [-0.4, -0.2) is 23.8 Å². The molecule has 0 aliphatic heterocycles. The number of rotatable bonds is 6. The summed E-state index contributed by atoms with van der Waals surface area (Å²) in [6.07, 6.45) is 5.82. The van der Waals surface area contributed by atoms with Crippen LogP contribution < -0.4 is 10.6 Å². The van der Waals surface area contributed by atoms with Gasteiger partial charge in [0.25, 0.3) is 6.20 Å². The third kappa shape index (κ3) is 7.03. The standard InChI is InChI=1S/C7H11N3O2S/c1-2-3-8-7(6-10(11)12)9-4-5-13/h1,6,8-9,13H,3-5H2/b7-6-. The van der Waals surface area contributed by atoms with E-state index in [0.717, 1.165) is 6.20 Å². The van der Waals surface area contributed by atoms with Crippen LogP contribution in [0.5, 0.6) is 0 Å². The highest BCUT2D eigenvalue weighted by molar-refractivity contribution is 7.80. The van der Waals surface area contributed by atoms with Crippen LogP contribution in [0.3, 0.4) is 0 Å². The quantitative estimate of drug-likeness (QED) is 0.241. The number of nitrogens with one attached hydrogen (secondary N) is 2. The summed E-state index contributed by atoms with van der Waals surface area (Å²) < 4.78 is 0. The van der Waals surface area contributed by atoms with Gasteiger partial charge in [-0.1, -0.05) is 5.92 Å². The van der Waals surface area contributed by atoms with Crippen molar-refractivity contribution in [3.8, 4) is 12.3 Å². The SMILES string of the molecule is C#CCN/C(=C/[N+](=O)[O-])NCCS. The molecule has 0 saturated heterocycles. The average molecular weight is 201 g/mol. The van der Waals surface area contributed by atoms with Crippen LogP contribution in [0.25, 0.3) is 0 Å². The van der Waals surface area contributed by atoms with E-state index in [9.17, 15) is 10.1 Å². The lowest BCUT2D eigenvalue weighted by Crippen LogP contribution is -2.28. The topological polar surface area (TPSA) is 67.2 Å². The van der Waals surface area contributed by atoms with Crippen molar-refractivity contribution in [2.45, 2.75) is 0 Å². The largest absolute Gasteiger partial charge is 0.366 e. The van der Waals surface area contributed by atoms with E-state index >= 15 is 0 Å². The van der Waals surface area contributed by atoms with Crippen molar-refractivity contribution >= 4 is 12.6 Å². The summed E-state index contributed by atoms with van der Waals surface area (Å²) >= 11 is 3.95. The van der Waals surface area contributed by atoms with E-state index in [1.54, 1.807) is 0 Å². The van der Waals surface area contributed by atoms with Crippen molar-refractivity contribution in [3.05, 3.63) is 22.1 Å². The molecule has 0 spiro atoms. The molecular weight excluding hydrogens is 190 g/mol. The molecule has 0 aromatic rings. The number of nitro groups is 1. The second kappa shape index (κ2) is 7.31. The second-order valence-electron chi connectivity index (χ2n) is 2.04. The molecule has 2 N–H and O–H groups in total. The maximum Gasteiger partial charge on any atom is 0.274 e. The predicted octanol–water partition coefficient (Wildman–Crippen LogP) is -0.196. The zero-order valence-electron chi connectivity index (χ0n) is 6.99. The van der Waals surface area contributed by atoms with Gasteiger partial charge < -0.3 is 10.6 Å². The number of hydrogen-bond acceptors (Lipinski definition) is 5. The molecular formula is C7H11N3O2S. The van der Waals surface area contributed by atoms with Crippen molar-refractivity contribution < 1.29 is 4.92 Å². The Labute approximate surface area is 82.1 Å². The first-order valence-corrected chi connectivity index (χ1v) is 4.21. The first-order valence-electron chi connectivity index (χ1n) is 3.58. The molecule has 0 aliphatic rings. The highest BCUT2D eigenvalue weighted by atomic mass is 32.1. The first-order chi connectivity index (χ1) is 6.20. The Morgan fingerprint density at radius 1 is 1.69 bits per heavy atom. The van der Waals surface area contributed by atoms with Crippen molar-refractivity contribution in [1.82, 2.24) is 10.6 Å². The Bertz CT molecular complexity index is 234. The van der Waals surface area contributed by atoms with Gasteiger partial charge in [-0.25, -0.2) is 0 Å². The molecule has 13 heavy (non-hydrogen) atoms. The number of nitrogens with zero attached hydrogens (tertiary/aromatic N) is 1. The van der Waals surface area contributed by atoms with Crippen LogP contribution in [0.2, 0.25) is 0 Å². The lowest BCUT2D eigenvalue weighted by molar-refractivity contribution is -0.404. The average Bonchev–Trinajstić information content (AvgIpc) is 2.09. The van der Waals surface area contributed by atoms with Gasteiger partial charge in [0.05, 0.1) is 11.5 Å². The molecule has 0 rings (SSSR count). The van der Waals surface area contributed by atoms with Crippen LogP contribution in [-0.2, 0) is 0 Å².